The first kappa shape index (κ1) is 16.6. The molecular formula is C22H24N4. The van der Waals surface area contributed by atoms with Gasteiger partial charge in [0.1, 0.15) is 5.82 Å². The molecular weight excluding hydrogens is 320 g/mol. The summed E-state index contributed by atoms with van der Waals surface area (Å²) in [6, 6.07) is 21.0. The smallest absolute Gasteiger partial charge is 0.224 e. The van der Waals surface area contributed by atoms with Crippen LogP contribution < -0.4 is 10.2 Å². The maximum Gasteiger partial charge on any atom is 0.224 e. The summed E-state index contributed by atoms with van der Waals surface area (Å²) in [6.07, 6.45) is 1.84. The van der Waals surface area contributed by atoms with Crippen LogP contribution in [-0.2, 0) is 18.5 Å². The Kier molecular flexibility index (Phi) is 4.33. The fourth-order valence-electron chi connectivity index (χ4n) is 3.69. The van der Waals surface area contributed by atoms with Gasteiger partial charge in [-0.05, 0) is 22.8 Å². The fourth-order valence-corrected chi connectivity index (χ4v) is 3.69. The van der Waals surface area contributed by atoms with Crippen LogP contribution in [0, 0.1) is 0 Å². The largest absolute Gasteiger partial charge is 0.351 e. The lowest BCUT2D eigenvalue weighted by atomic mass is 9.78. The molecule has 4 rings (SSSR count). The second-order valence-electron chi connectivity index (χ2n) is 7.47. The molecule has 1 aliphatic heterocycles. The van der Waals surface area contributed by atoms with Gasteiger partial charge < -0.3 is 10.2 Å². The Bertz CT molecular complexity index is 889. The Morgan fingerprint density at radius 2 is 1.77 bits per heavy atom. The summed E-state index contributed by atoms with van der Waals surface area (Å²) < 4.78 is 0. The van der Waals surface area contributed by atoms with Gasteiger partial charge in [0, 0.05) is 31.2 Å². The van der Waals surface area contributed by atoms with E-state index < -0.39 is 0 Å². The Labute approximate surface area is 154 Å². The number of rotatable bonds is 4. The van der Waals surface area contributed by atoms with E-state index >= 15 is 0 Å². The van der Waals surface area contributed by atoms with E-state index in [1.165, 1.54) is 16.7 Å². The second-order valence-corrected chi connectivity index (χ2v) is 7.47. The van der Waals surface area contributed by atoms with Crippen molar-refractivity contribution in [1.29, 1.82) is 0 Å². The molecule has 1 aromatic heterocycles. The van der Waals surface area contributed by atoms with Crippen molar-refractivity contribution in [2.24, 2.45) is 0 Å². The van der Waals surface area contributed by atoms with Gasteiger partial charge in [-0.1, -0.05) is 68.4 Å². The van der Waals surface area contributed by atoms with Crippen molar-refractivity contribution in [3.8, 4) is 0 Å². The first-order valence-corrected chi connectivity index (χ1v) is 9.06. The number of hydrogen-bond acceptors (Lipinski definition) is 4. The van der Waals surface area contributed by atoms with Crippen LogP contribution in [0.3, 0.4) is 0 Å². The van der Waals surface area contributed by atoms with E-state index in [0.717, 1.165) is 25.5 Å². The van der Waals surface area contributed by atoms with Crippen molar-refractivity contribution in [3.05, 3.63) is 83.6 Å². The Morgan fingerprint density at radius 1 is 1.00 bits per heavy atom. The van der Waals surface area contributed by atoms with Crippen LogP contribution in [0.15, 0.2) is 66.9 Å². The quantitative estimate of drug-likeness (QED) is 0.762. The average molecular weight is 344 g/mol. The fraction of sp³-hybridized carbons (Fsp3) is 0.273. The van der Waals surface area contributed by atoms with Gasteiger partial charge in [0.2, 0.25) is 5.95 Å². The summed E-state index contributed by atoms with van der Waals surface area (Å²) in [5.41, 5.74) is 4.13. The summed E-state index contributed by atoms with van der Waals surface area (Å²) in [5.74, 6) is 1.64. The Hall–Kier alpha value is -2.88. The molecule has 0 aliphatic carbocycles. The number of nitrogens with zero attached hydrogens (tertiary/aromatic N) is 3. The van der Waals surface area contributed by atoms with E-state index in [9.17, 15) is 0 Å². The van der Waals surface area contributed by atoms with Gasteiger partial charge in [-0.2, -0.15) is 4.98 Å². The molecule has 26 heavy (non-hydrogen) atoms. The van der Waals surface area contributed by atoms with Gasteiger partial charge in [0.05, 0.1) is 0 Å². The SMILES string of the molecule is CC1(C)CN(c2ccnc(NCc3ccccc3)n2)Cc2ccccc21. The molecule has 0 radical (unpaired) electrons. The highest BCUT2D eigenvalue weighted by Gasteiger charge is 2.32. The molecule has 3 aromatic rings. The number of nitrogens with one attached hydrogen (secondary N) is 1. The molecule has 0 spiro atoms. The normalized spacial score (nSPS) is 15.4. The monoisotopic (exact) mass is 344 g/mol. The molecule has 0 atom stereocenters. The molecule has 0 saturated carbocycles. The topological polar surface area (TPSA) is 41.1 Å². The Morgan fingerprint density at radius 3 is 2.62 bits per heavy atom. The zero-order chi connectivity index (χ0) is 18.0. The molecule has 132 valence electrons. The third kappa shape index (κ3) is 3.40. The lowest BCUT2D eigenvalue weighted by molar-refractivity contribution is 0.475. The first-order valence-electron chi connectivity index (χ1n) is 9.06. The summed E-state index contributed by atoms with van der Waals surface area (Å²) in [4.78, 5) is 11.5. The number of benzene rings is 2. The standard InChI is InChI=1S/C22H24N4/c1-22(2)16-26(15-18-10-6-7-11-19(18)22)20-12-13-23-21(25-20)24-14-17-8-4-3-5-9-17/h3-13H,14-16H2,1-2H3,(H,23,24,25). The average Bonchev–Trinajstić information content (AvgIpc) is 2.67. The molecule has 2 aromatic carbocycles. The minimum atomic E-state index is 0.0947. The number of aromatic nitrogens is 2. The maximum atomic E-state index is 4.75. The van der Waals surface area contributed by atoms with E-state index in [2.05, 4.69) is 65.4 Å². The van der Waals surface area contributed by atoms with Crippen molar-refractivity contribution in [2.45, 2.75) is 32.4 Å². The van der Waals surface area contributed by atoms with Crippen LogP contribution >= 0.6 is 0 Å². The molecule has 2 heterocycles. The van der Waals surface area contributed by atoms with Gasteiger partial charge in [-0.3, -0.25) is 0 Å². The summed E-state index contributed by atoms with van der Waals surface area (Å²) in [6.45, 7) is 7.15. The third-order valence-corrected chi connectivity index (χ3v) is 4.95. The van der Waals surface area contributed by atoms with Crippen molar-refractivity contribution in [2.75, 3.05) is 16.8 Å². The predicted octanol–water partition coefficient (Wildman–Crippen LogP) is 4.39. The van der Waals surface area contributed by atoms with Gasteiger partial charge in [0.15, 0.2) is 0 Å². The van der Waals surface area contributed by atoms with E-state index in [4.69, 9.17) is 4.98 Å². The van der Waals surface area contributed by atoms with Crippen LogP contribution in [0.1, 0.15) is 30.5 Å². The van der Waals surface area contributed by atoms with Crippen molar-refractivity contribution in [3.63, 3.8) is 0 Å². The lowest BCUT2D eigenvalue weighted by Gasteiger charge is -2.40. The summed E-state index contributed by atoms with van der Waals surface area (Å²) >= 11 is 0. The number of hydrogen-bond donors (Lipinski definition) is 1. The number of fused-ring (bicyclic) bond motifs is 1. The Balaban J connectivity index is 1.54. The van der Waals surface area contributed by atoms with Crippen molar-refractivity contribution in [1.82, 2.24) is 9.97 Å². The second kappa shape index (κ2) is 6.79. The summed E-state index contributed by atoms with van der Waals surface area (Å²) in [7, 11) is 0. The van der Waals surface area contributed by atoms with E-state index in [-0.39, 0.29) is 5.41 Å². The molecule has 4 nitrogen and oxygen atoms in total. The number of anilines is 2. The predicted molar refractivity (Wildman–Crippen MR) is 106 cm³/mol. The minimum Gasteiger partial charge on any atom is -0.351 e. The van der Waals surface area contributed by atoms with Gasteiger partial charge >= 0.3 is 0 Å². The highest BCUT2D eigenvalue weighted by molar-refractivity contribution is 5.49. The van der Waals surface area contributed by atoms with Crippen LogP contribution in [0.2, 0.25) is 0 Å². The van der Waals surface area contributed by atoms with Crippen molar-refractivity contribution < 1.29 is 0 Å². The minimum absolute atomic E-state index is 0.0947. The lowest BCUT2D eigenvalue weighted by Crippen LogP contribution is -2.42. The van der Waals surface area contributed by atoms with Crippen LogP contribution in [0.5, 0.6) is 0 Å². The van der Waals surface area contributed by atoms with Gasteiger partial charge in [0.25, 0.3) is 0 Å². The molecule has 0 amide bonds. The van der Waals surface area contributed by atoms with Crippen LogP contribution in [0.25, 0.3) is 0 Å². The molecule has 4 heteroatoms. The molecule has 0 fully saturated rings. The molecule has 1 N–H and O–H groups in total. The van der Waals surface area contributed by atoms with Crippen LogP contribution in [-0.4, -0.2) is 16.5 Å². The van der Waals surface area contributed by atoms with Gasteiger partial charge in [-0.15, -0.1) is 0 Å². The molecule has 0 bridgehead atoms. The van der Waals surface area contributed by atoms with Gasteiger partial charge in [-0.25, -0.2) is 4.98 Å². The maximum absolute atomic E-state index is 4.75. The zero-order valence-electron chi connectivity index (χ0n) is 15.3. The highest BCUT2D eigenvalue weighted by Crippen LogP contribution is 2.34. The molecule has 0 saturated heterocycles. The van der Waals surface area contributed by atoms with Crippen LogP contribution in [0.4, 0.5) is 11.8 Å². The first-order chi connectivity index (χ1) is 12.6. The van der Waals surface area contributed by atoms with E-state index in [1.54, 1.807) is 0 Å². The van der Waals surface area contributed by atoms with E-state index in [1.807, 2.05) is 30.5 Å². The van der Waals surface area contributed by atoms with E-state index in [0.29, 0.717) is 5.95 Å². The zero-order valence-corrected chi connectivity index (χ0v) is 15.3. The third-order valence-electron chi connectivity index (χ3n) is 4.95. The highest BCUT2D eigenvalue weighted by atomic mass is 15.2. The molecule has 1 aliphatic rings. The molecule has 0 unspecified atom stereocenters. The summed E-state index contributed by atoms with van der Waals surface area (Å²) in [5, 5.41) is 3.33. The van der Waals surface area contributed by atoms with Crippen molar-refractivity contribution >= 4 is 11.8 Å².